The third-order valence-corrected chi connectivity index (χ3v) is 3.46. The molecule has 0 radical (unpaired) electrons. The molecule has 2 aromatic carbocycles. The highest BCUT2D eigenvalue weighted by Crippen LogP contribution is 2.31. The molecule has 2 aromatic rings. The highest BCUT2D eigenvalue weighted by molar-refractivity contribution is 6.41. The highest BCUT2D eigenvalue weighted by atomic mass is 35.5. The molecule has 0 spiro atoms. The first kappa shape index (κ1) is 17.0. The second-order valence-electron chi connectivity index (χ2n) is 4.93. The van der Waals surface area contributed by atoms with Gasteiger partial charge in [0.05, 0.1) is 11.6 Å². The lowest BCUT2D eigenvalue weighted by Crippen LogP contribution is -2.17. The number of carbonyl (C=O) groups excluding carboxylic acids is 2. The van der Waals surface area contributed by atoms with Crippen LogP contribution in [-0.2, 0) is 16.1 Å². The van der Waals surface area contributed by atoms with E-state index in [1.54, 1.807) is 19.9 Å². The van der Waals surface area contributed by atoms with Gasteiger partial charge in [-0.1, -0.05) is 41.9 Å². The Morgan fingerprint density at radius 1 is 1.13 bits per heavy atom. The van der Waals surface area contributed by atoms with Gasteiger partial charge in [-0.25, -0.2) is 4.79 Å². The SMILES string of the molecule is CCOC(=O)C(=O)c1cc(C)c(OCc2ccccc2)c(Cl)c1. The summed E-state index contributed by atoms with van der Waals surface area (Å²) >= 11 is 6.20. The van der Waals surface area contributed by atoms with Crippen LogP contribution in [0.4, 0.5) is 0 Å². The van der Waals surface area contributed by atoms with Gasteiger partial charge in [-0.05, 0) is 37.1 Å². The van der Waals surface area contributed by atoms with Gasteiger partial charge in [0.15, 0.2) is 0 Å². The van der Waals surface area contributed by atoms with Crippen LogP contribution in [0.1, 0.15) is 28.4 Å². The molecule has 23 heavy (non-hydrogen) atoms. The molecular formula is C18H17ClO4. The van der Waals surface area contributed by atoms with Gasteiger partial charge < -0.3 is 9.47 Å². The molecule has 120 valence electrons. The smallest absolute Gasteiger partial charge is 0.379 e. The summed E-state index contributed by atoms with van der Waals surface area (Å²) in [6.45, 7) is 3.93. The minimum absolute atomic E-state index is 0.148. The molecule has 0 amide bonds. The van der Waals surface area contributed by atoms with E-state index in [0.29, 0.717) is 17.9 Å². The molecule has 0 saturated carbocycles. The molecule has 5 heteroatoms. The molecule has 0 aliphatic rings. The van der Waals surface area contributed by atoms with Crippen LogP contribution in [0.15, 0.2) is 42.5 Å². The van der Waals surface area contributed by atoms with E-state index in [0.717, 1.165) is 5.56 Å². The number of aryl methyl sites for hydroxylation is 1. The van der Waals surface area contributed by atoms with Crippen molar-refractivity contribution in [2.24, 2.45) is 0 Å². The Kier molecular flexibility index (Phi) is 5.77. The van der Waals surface area contributed by atoms with E-state index in [1.807, 2.05) is 30.3 Å². The first-order chi connectivity index (χ1) is 11.0. The number of benzene rings is 2. The van der Waals surface area contributed by atoms with Gasteiger partial charge in [0.2, 0.25) is 0 Å². The average molecular weight is 333 g/mol. The zero-order valence-electron chi connectivity index (χ0n) is 13.0. The topological polar surface area (TPSA) is 52.6 Å². The fourth-order valence-corrected chi connectivity index (χ4v) is 2.41. The van der Waals surface area contributed by atoms with Crippen molar-refractivity contribution in [1.29, 1.82) is 0 Å². The Balaban J connectivity index is 2.17. The van der Waals surface area contributed by atoms with Crippen molar-refractivity contribution in [2.75, 3.05) is 6.61 Å². The maximum Gasteiger partial charge on any atom is 0.379 e. The van der Waals surface area contributed by atoms with Gasteiger partial charge in [-0.15, -0.1) is 0 Å². The summed E-state index contributed by atoms with van der Waals surface area (Å²) in [5.41, 5.74) is 1.88. The Bertz CT molecular complexity index is 687. The molecule has 2 rings (SSSR count). The number of halogens is 1. The van der Waals surface area contributed by atoms with E-state index < -0.39 is 11.8 Å². The number of rotatable bonds is 6. The van der Waals surface area contributed by atoms with Crippen molar-refractivity contribution in [2.45, 2.75) is 20.5 Å². The van der Waals surface area contributed by atoms with Crippen LogP contribution >= 0.6 is 11.6 Å². The minimum atomic E-state index is -0.888. The normalized spacial score (nSPS) is 10.2. The summed E-state index contributed by atoms with van der Waals surface area (Å²) in [6, 6.07) is 12.7. The number of carbonyl (C=O) groups is 2. The molecule has 0 aromatic heterocycles. The maximum absolute atomic E-state index is 12.0. The van der Waals surface area contributed by atoms with Gasteiger partial charge in [-0.3, -0.25) is 4.79 Å². The third-order valence-electron chi connectivity index (χ3n) is 3.18. The lowest BCUT2D eigenvalue weighted by atomic mass is 10.1. The maximum atomic E-state index is 12.0. The lowest BCUT2D eigenvalue weighted by Gasteiger charge is -2.12. The van der Waals surface area contributed by atoms with Gasteiger partial charge in [0, 0.05) is 5.56 Å². The molecule has 0 aliphatic carbocycles. The van der Waals surface area contributed by atoms with Gasteiger partial charge in [0.25, 0.3) is 5.78 Å². The van der Waals surface area contributed by atoms with Crippen LogP contribution in [0.3, 0.4) is 0 Å². The Morgan fingerprint density at radius 3 is 2.43 bits per heavy atom. The van der Waals surface area contributed by atoms with E-state index in [2.05, 4.69) is 0 Å². The molecule has 0 atom stereocenters. The van der Waals surface area contributed by atoms with Crippen molar-refractivity contribution in [3.8, 4) is 5.75 Å². The molecule has 0 unspecified atom stereocenters. The van der Waals surface area contributed by atoms with E-state index in [9.17, 15) is 9.59 Å². The predicted octanol–water partition coefficient (Wildman–Crippen LogP) is 3.97. The summed E-state index contributed by atoms with van der Waals surface area (Å²) in [5, 5.41) is 0.286. The first-order valence-electron chi connectivity index (χ1n) is 7.21. The summed E-state index contributed by atoms with van der Waals surface area (Å²) < 4.78 is 10.4. The summed E-state index contributed by atoms with van der Waals surface area (Å²) in [5.74, 6) is -1.11. The average Bonchev–Trinajstić information content (AvgIpc) is 2.54. The standard InChI is InChI=1S/C18H17ClO4/c1-3-22-18(21)16(20)14-9-12(2)17(15(19)10-14)23-11-13-7-5-4-6-8-13/h4-10H,3,11H2,1-2H3. The molecule has 0 N–H and O–H groups in total. The molecule has 4 nitrogen and oxygen atoms in total. The van der Waals surface area contributed by atoms with Crippen LogP contribution in [0, 0.1) is 6.92 Å². The summed E-state index contributed by atoms with van der Waals surface area (Å²) in [6.07, 6.45) is 0. The number of hydrogen-bond donors (Lipinski definition) is 0. The van der Waals surface area contributed by atoms with E-state index >= 15 is 0 Å². The molecule has 0 aliphatic heterocycles. The minimum Gasteiger partial charge on any atom is -0.487 e. The van der Waals surface area contributed by atoms with Crippen LogP contribution in [0.2, 0.25) is 5.02 Å². The fourth-order valence-electron chi connectivity index (χ4n) is 2.09. The van der Waals surface area contributed by atoms with Crippen molar-refractivity contribution in [3.63, 3.8) is 0 Å². The lowest BCUT2D eigenvalue weighted by molar-refractivity contribution is -0.137. The number of ether oxygens (including phenoxy) is 2. The van der Waals surface area contributed by atoms with E-state index in [1.165, 1.54) is 6.07 Å². The fraction of sp³-hybridized carbons (Fsp3) is 0.222. The number of hydrogen-bond acceptors (Lipinski definition) is 4. The summed E-state index contributed by atoms with van der Waals surface area (Å²) in [4.78, 5) is 23.5. The highest BCUT2D eigenvalue weighted by Gasteiger charge is 2.20. The van der Waals surface area contributed by atoms with Crippen molar-refractivity contribution < 1.29 is 19.1 Å². The van der Waals surface area contributed by atoms with E-state index in [-0.39, 0.29) is 17.2 Å². The Morgan fingerprint density at radius 2 is 1.83 bits per heavy atom. The Hall–Kier alpha value is -2.33. The molecule has 0 heterocycles. The number of esters is 1. The number of ketones is 1. The summed E-state index contributed by atoms with van der Waals surface area (Å²) in [7, 11) is 0. The Labute approximate surface area is 140 Å². The molecule has 0 bridgehead atoms. The van der Waals surface area contributed by atoms with Crippen LogP contribution < -0.4 is 4.74 Å². The molecule has 0 fully saturated rings. The molecule has 0 saturated heterocycles. The zero-order chi connectivity index (χ0) is 16.8. The second kappa shape index (κ2) is 7.79. The largest absolute Gasteiger partial charge is 0.487 e. The van der Waals surface area contributed by atoms with Crippen LogP contribution in [-0.4, -0.2) is 18.4 Å². The van der Waals surface area contributed by atoms with Gasteiger partial charge >= 0.3 is 5.97 Å². The first-order valence-corrected chi connectivity index (χ1v) is 7.59. The van der Waals surface area contributed by atoms with Gasteiger partial charge in [0.1, 0.15) is 12.4 Å². The van der Waals surface area contributed by atoms with E-state index in [4.69, 9.17) is 21.1 Å². The van der Waals surface area contributed by atoms with Crippen molar-refractivity contribution >= 4 is 23.4 Å². The van der Waals surface area contributed by atoms with Gasteiger partial charge in [-0.2, -0.15) is 0 Å². The quantitative estimate of drug-likeness (QED) is 0.456. The number of Topliss-reactive ketones (excluding diaryl/α,β-unsaturated/α-hetero) is 1. The van der Waals surface area contributed by atoms with Crippen molar-refractivity contribution in [3.05, 3.63) is 64.2 Å². The molecular weight excluding hydrogens is 316 g/mol. The zero-order valence-corrected chi connectivity index (χ0v) is 13.7. The monoisotopic (exact) mass is 332 g/mol. The van der Waals surface area contributed by atoms with Crippen LogP contribution in [0.25, 0.3) is 0 Å². The third kappa shape index (κ3) is 4.33. The predicted molar refractivity (Wildman–Crippen MR) is 87.9 cm³/mol. The van der Waals surface area contributed by atoms with Crippen LogP contribution in [0.5, 0.6) is 5.75 Å². The van der Waals surface area contributed by atoms with Crippen molar-refractivity contribution in [1.82, 2.24) is 0 Å². The second-order valence-corrected chi connectivity index (χ2v) is 5.34.